The van der Waals surface area contributed by atoms with Crippen LogP contribution in [0.3, 0.4) is 0 Å². The molecule has 2 amide bonds. The number of urea groups is 1. The molecule has 0 saturated heterocycles. The number of aromatic carboxylic acids is 1. The molecule has 108 valence electrons. The van der Waals surface area contributed by atoms with Gasteiger partial charge in [-0.3, -0.25) is 0 Å². The number of amides is 2. The third kappa shape index (κ3) is 4.08. The van der Waals surface area contributed by atoms with E-state index in [2.05, 4.69) is 11.9 Å². The summed E-state index contributed by atoms with van der Waals surface area (Å²) in [5.74, 6) is -2.22. The van der Waals surface area contributed by atoms with Crippen molar-refractivity contribution in [2.45, 2.75) is 13.3 Å². The van der Waals surface area contributed by atoms with Crippen LogP contribution in [-0.4, -0.2) is 35.1 Å². The number of carboxylic acid groups (broad SMARTS) is 1. The average molecular weight is 280 g/mol. The van der Waals surface area contributed by atoms with Crippen LogP contribution in [0.25, 0.3) is 0 Å². The van der Waals surface area contributed by atoms with Crippen molar-refractivity contribution in [3.05, 3.63) is 42.2 Å². The summed E-state index contributed by atoms with van der Waals surface area (Å²) < 4.78 is 13.2. The van der Waals surface area contributed by atoms with E-state index >= 15 is 0 Å². The number of halogens is 1. The van der Waals surface area contributed by atoms with Crippen LogP contribution in [-0.2, 0) is 0 Å². The first-order chi connectivity index (χ1) is 9.49. The number of nitrogens with zero attached hydrogens (tertiary/aromatic N) is 1. The monoisotopic (exact) mass is 280 g/mol. The minimum atomic E-state index is -1.38. The summed E-state index contributed by atoms with van der Waals surface area (Å²) in [6.45, 7) is 6.43. The number of anilines is 1. The number of carboxylic acids is 1. The van der Waals surface area contributed by atoms with Gasteiger partial charge < -0.3 is 15.3 Å². The van der Waals surface area contributed by atoms with E-state index in [0.717, 1.165) is 18.6 Å². The Morgan fingerprint density at radius 3 is 2.75 bits per heavy atom. The second-order valence-corrected chi connectivity index (χ2v) is 4.16. The standard InChI is InChI=1S/C14H17FN2O3/c1-3-7-17(8-4-2)14(20)16-10-5-6-12(15)11(9-10)13(18)19/h3,5-6,9H,1,4,7-8H2,2H3,(H,16,20)(H,18,19). The van der Waals surface area contributed by atoms with Gasteiger partial charge in [0.15, 0.2) is 0 Å². The molecular weight excluding hydrogens is 263 g/mol. The molecule has 1 aromatic rings. The van der Waals surface area contributed by atoms with Gasteiger partial charge in [0.05, 0.1) is 5.56 Å². The van der Waals surface area contributed by atoms with E-state index in [1.807, 2.05) is 6.92 Å². The Morgan fingerprint density at radius 2 is 2.20 bits per heavy atom. The van der Waals surface area contributed by atoms with Crippen molar-refractivity contribution in [3.63, 3.8) is 0 Å². The summed E-state index contributed by atoms with van der Waals surface area (Å²) in [6.07, 6.45) is 2.38. The van der Waals surface area contributed by atoms with Crippen LogP contribution in [0.4, 0.5) is 14.9 Å². The van der Waals surface area contributed by atoms with E-state index in [-0.39, 0.29) is 11.7 Å². The maximum absolute atomic E-state index is 13.2. The molecule has 20 heavy (non-hydrogen) atoms. The van der Waals surface area contributed by atoms with Crippen molar-refractivity contribution in [2.24, 2.45) is 0 Å². The lowest BCUT2D eigenvalue weighted by atomic mass is 10.2. The van der Waals surface area contributed by atoms with Gasteiger partial charge >= 0.3 is 12.0 Å². The molecule has 1 aromatic carbocycles. The zero-order chi connectivity index (χ0) is 15.1. The Morgan fingerprint density at radius 1 is 1.50 bits per heavy atom. The van der Waals surface area contributed by atoms with Crippen molar-refractivity contribution in [3.8, 4) is 0 Å². The number of nitrogens with one attached hydrogen (secondary N) is 1. The zero-order valence-corrected chi connectivity index (χ0v) is 11.2. The quantitative estimate of drug-likeness (QED) is 0.787. The Labute approximate surface area is 116 Å². The molecule has 0 fully saturated rings. The molecule has 0 unspecified atom stereocenters. The Bertz CT molecular complexity index is 517. The van der Waals surface area contributed by atoms with E-state index in [9.17, 15) is 14.0 Å². The van der Waals surface area contributed by atoms with E-state index < -0.39 is 17.3 Å². The molecule has 1 rings (SSSR count). The predicted octanol–water partition coefficient (Wildman–Crippen LogP) is 2.95. The van der Waals surface area contributed by atoms with Gasteiger partial charge in [-0.15, -0.1) is 6.58 Å². The van der Waals surface area contributed by atoms with Crippen LogP contribution in [0.5, 0.6) is 0 Å². The Balaban J connectivity index is 2.86. The van der Waals surface area contributed by atoms with Crippen LogP contribution in [0.2, 0.25) is 0 Å². The lowest BCUT2D eigenvalue weighted by molar-refractivity contribution is 0.0692. The highest BCUT2D eigenvalue weighted by atomic mass is 19.1. The van der Waals surface area contributed by atoms with Crippen molar-refractivity contribution in [1.82, 2.24) is 4.90 Å². The number of carbonyl (C=O) groups is 2. The molecule has 0 aliphatic heterocycles. The normalized spacial score (nSPS) is 9.90. The first-order valence-corrected chi connectivity index (χ1v) is 6.19. The maximum Gasteiger partial charge on any atom is 0.338 e. The predicted molar refractivity (Wildman–Crippen MR) is 74.4 cm³/mol. The minimum absolute atomic E-state index is 0.235. The van der Waals surface area contributed by atoms with Gasteiger partial charge in [0.25, 0.3) is 0 Å². The van der Waals surface area contributed by atoms with Gasteiger partial charge in [-0.25, -0.2) is 14.0 Å². The van der Waals surface area contributed by atoms with Gasteiger partial charge in [0.2, 0.25) is 0 Å². The summed E-state index contributed by atoms with van der Waals surface area (Å²) in [5.41, 5.74) is -0.243. The SMILES string of the molecule is C=CCN(CCC)C(=O)Nc1ccc(F)c(C(=O)O)c1. The van der Waals surface area contributed by atoms with Crippen molar-refractivity contribution in [1.29, 1.82) is 0 Å². The summed E-state index contributed by atoms with van der Waals surface area (Å²) in [6, 6.07) is 3.04. The first kappa shape index (κ1) is 15.7. The largest absolute Gasteiger partial charge is 0.478 e. The summed E-state index contributed by atoms with van der Waals surface area (Å²) in [4.78, 5) is 24.3. The zero-order valence-electron chi connectivity index (χ0n) is 11.2. The number of hydrogen-bond acceptors (Lipinski definition) is 2. The fourth-order valence-corrected chi connectivity index (χ4v) is 1.67. The molecule has 0 heterocycles. The second-order valence-electron chi connectivity index (χ2n) is 4.16. The van der Waals surface area contributed by atoms with E-state index in [1.54, 1.807) is 6.08 Å². The van der Waals surface area contributed by atoms with Crippen molar-refractivity contribution < 1.29 is 19.1 Å². The molecule has 0 saturated carbocycles. The van der Waals surface area contributed by atoms with Gasteiger partial charge in [-0.1, -0.05) is 13.0 Å². The van der Waals surface area contributed by atoms with Crippen LogP contribution in [0, 0.1) is 5.82 Å². The lowest BCUT2D eigenvalue weighted by Crippen LogP contribution is -2.35. The van der Waals surface area contributed by atoms with Crippen molar-refractivity contribution >= 4 is 17.7 Å². The number of benzene rings is 1. The van der Waals surface area contributed by atoms with E-state index in [1.165, 1.54) is 11.0 Å². The van der Waals surface area contributed by atoms with Crippen molar-refractivity contribution in [2.75, 3.05) is 18.4 Å². The molecule has 0 bridgehead atoms. The van der Waals surface area contributed by atoms with Gasteiger partial charge in [0.1, 0.15) is 5.82 Å². The molecule has 0 aromatic heterocycles. The van der Waals surface area contributed by atoms with Gasteiger partial charge in [-0.05, 0) is 24.6 Å². The number of rotatable bonds is 6. The summed E-state index contributed by atoms with van der Waals surface area (Å²) in [5, 5.41) is 11.4. The number of carbonyl (C=O) groups excluding carboxylic acids is 1. The van der Waals surface area contributed by atoms with Gasteiger partial charge in [0, 0.05) is 18.8 Å². The first-order valence-electron chi connectivity index (χ1n) is 6.19. The molecule has 0 aliphatic rings. The Hall–Kier alpha value is -2.37. The highest BCUT2D eigenvalue weighted by molar-refractivity contribution is 5.93. The highest BCUT2D eigenvalue weighted by Crippen LogP contribution is 2.15. The fourth-order valence-electron chi connectivity index (χ4n) is 1.67. The molecule has 0 atom stereocenters. The molecule has 0 aliphatic carbocycles. The van der Waals surface area contributed by atoms with Gasteiger partial charge in [-0.2, -0.15) is 0 Å². The third-order valence-electron chi connectivity index (χ3n) is 2.58. The summed E-state index contributed by atoms with van der Waals surface area (Å²) in [7, 11) is 0. The molecule has 0 radical (unpaired) electrons. The smallest absolute Gasteiger partial charge is 0.338 e. The van der Waals surface area contributed by atoms with Crippen LogP contribution >= 0.6 is 0 Å². The number of hydrogen-bond donors (Lipinski definition) is 2. The molecule has 2 N–H and O–H groups in total. The molecule has 0 spiro atoms. The Kier molecular flexibility index (Phi) is 5.71. The maximum atomic E-state index is 13.2. The highest BCUT2D eigenvalue weighted by Gasteiger charge is 2.14. The van der Waals surface area contributed by atoms with Crippen LogP contribution in [0.15, 0.2) is 30.9 Å². The van der Waals surface area contributed by atoms with Crippen LogP contribution < -0.4 is 5.32 Å². The fraction of sp³-hybridized carbons (Fsp3) is 0.286. The lowest BCUT2D eigenvalue weighted by Gasteiger charge is -2.21. The van der Waals surface area contributed by atoms with Crippen LogP contribution in [0.1, 0.15) is 23.7 Å². The molecule has 5 nitrogen and oxygen atoms in total. The summed E-state index contributed by atoms with van der Waals surface area (Å²) >= 11 is 0. The second kappa shape index (κ2) is 7.28. The topological polar surface area (TPSA) is 69.6 Å². The van der Waals surface area contributed by atoms with E-state index in [0.29, 0.717) is 13.1 Å². The molecule has 6 heteroatoms. The minimum Gasteiger partial charge on any atom is -0.478 e. The third-order valence-corrected chi connectivity index (χ3v) is 2.58. The average Bonchev–Trinajstić information content (AvgIpc) is 2.40. The molecular formula is C14H17FN2O3. The van der Waals surface area contributed by atoms with E-state index in [4.69, 9.17) is 5.11 Å².